The molecule has 16 heavy (non-hydrogen) atoms. The van der Waals surface area contributed by atoms with E-state index in [0.29, 0.717) is 13.2 Å². The number of rotatable bonds is 0. The van der Waals surface area contributed by atoms with Crippen LogP contribution in [-0.2, 0) is 4.79 Å². The molecule has 4 heteroatoms. The number of nitrogens with one attached hydrogen (secondary N) is 1. The standard InChI is InChI=1S/C12H14N2O2/c1-8-2-3-10-11(4-8)16-7-9-5-13-6-12(15)14(9)10/h2-4,9,13H,5-7H2,1H3. The minimum absolute atomic E-state index is 0.129. The second-order valence-electron chi connectivity index (χ2n) is 4.33. The summed E-state index contributed by atoms with van der Waals surface area (Å²) in [6.07, 6.45) is 0. The molecule has 1 saturated heterocycles. The van der Waals surface area contributed by atoms with Crippen LogP contribution in [0.25, 0.3) is 0 Å². The normalized spacial score (nSPS) is 23.4. The summed E-state index contributed by atoms with van der Waals surface area (Å²) in [5.41, 5.74) is 2.06. The van der Waals surface area contributed by atoms with E-state index in [1.165, 1.54) is 0 Å². The number of hydrogen-bond donors (Lipinski definition) is 1. The maximum Gasteiger partial charge on any atom is 0.241 e. The Morgan fingerprint density at radius 3 is 3.25 bits per heavy atom. The molecule has 1 atom stereocenters. The Balaban J connectivity index is 2.06. The second-order valence-corrected chi connectivity index (χ2v) is 4.33. The van der Waals surface area contributed by atoms with Gasteiger partial charge < -0.3 is 15.0 Å². The number of carbonyl (C=O) groups is 1. The fraction of sp³-hybridized carbons (Fsp3) is 0.417. The zero-order valence-corrected chi connectivity index (χ0v) is 9.19. The lowest BCUT2D eigenvalue weighted by Gasteiger charge is -2.40. The van der Waals surface area contributed by atoms with Crippen LogP contribution >= 0.6 is 0 Å². The maximum absolute atomic E-state index is 11.9. The van der Waals surface area contributed by atoms with Crippen LogP contribution in [0, 0.1) is 6.92 Å². The van der Waals surface area contributed by atoms with E-state index < -0.39 is 0 Å². The number of hydrogen-bond acceptors (Lipinski definition) is 3. The molecule has 1 aromatic carbocycles. The van der Waals surface area contributed by atoms with Crippen LogP contribution in [0.2, 0.25) is 0 Å². The van der Waals surface area contributed by atoms with Crippen LogP contribution in [0.4, 0.5) is 5.69 Å². The first-order valence-corrected chi connectivity index (χ1v) is 5.52. The van der Waals surface area contributed by atoms with Crippen LogP contribution in [0.15, 0.2) is 18.2 Å². The molecular formula is C12H14N2O2. The number of nitrogens with zero attached hydrogens (tertiary/aromatic N) is 1. The molecule has 0 radical (unpaired) electrons. The zero-order chi connectivity index (χ0) is 11.1. The van der Waals surface area contributed by atoms with E-state index in [1.54, 1.807) is 0 Å². The van der Waals surface area contributed by atoms with Crippen LogP contribution < -0.4 is 15.0 Å². The van der Waals surface area contributed by atoms with Crippen molar-refractivity contribution >= 4 is 11.6 Å². The number of ether oxygens (including phenoxy) is 1. The van der Waals surface area contributed by atoms with Crippen LogP contribution in [0.1, 0.15) is 5.56 Å². The third-order valence-electron chi connectivity index (χ3n) is 3.10. The SMILES string of the molecule is Cc1ccc2c(c1)OCC1CNCC(=O)N21. The van der Waals surface area contributed by atoms with Gasteiger partial charge in [0.2, 0.25) is 5.91 Å². The maximum atomic E-state index is 11.9. The van der Waals surface area contributed by atoms with Gasteiger partial charge in [0.15, 0.2) is 0 Å². The highest BCUT2D eigenvalue weighted by atomic mass is 16.5. The van der Waals surface area contributed by atoms with Gasteiger partial charge in [0, 0.05) is 6.54 Å². The summed E-state index contributed by atoms with van der Waals surface area (Å²) in [7, 11) is 0. The number of carbonyl (C=O) groups excluding carboxylic acids is 1. The average Bonchev–Trinajstić information content (AvgIpc) is 2.29. The van der Waals surface area contributed by atoms with Crippen molar-refractivity contribution in [3.05, 3.63) is 23.8 Å². The lowest BCUT2D eigenvalue weighted by atomic mass is 10.1. The van der Waals surface area contributed by atoms with Gasteiger partial charge in [-0.15, -0.1) is 0 Å². The number of benzene rings is 1. The predicted octanol–water partition coefficient (Wildman–Crippen LogP) is 0.692. The number of anilines is 1. The summed E-state index contributed by atoms with van der Waals surface area (Å²) in [6, 6.07) is 6.11. The van der Waals surface area contributed by atoms with Gasteiger partial charge >= 0.3 is 0 Å². The first-order valence-electron chi connectivity index (χ1n) is 5.52. The summed E-state index contributed by atoms with van der Waals surface area (Å²) in [4.78, 5) is 13.8. The molecular weight excluding hydrogens is 204 g/mol. The van der Waals surface area contributed by atoms with Gasteiger partial charge in [0.05, 0.1) is 18.3 Å². The van der Waals surface area contributed by atoms with Crippen molar-refractivity contribution in [2.24, 2.45) is 0 Å². The van der Waals surface area contributed by atoms with E-state index in [9.17, 15) is 4.79 Å². The van der Waals surface area contributed by atoms with Crippen molar-refractivity contribution in [2.45, 2.75) is 13.0 Å². The van der Waals surface area contributed by atoms with E-state index >= 15 is 0 Å². The number of piperazine rings is 1. The Morgan fingerprint density at radius 1 is 1.50 bits per heavy atom. The van der Waals surface area contributed by atoms with Crippen LogP contribution in [0.5, 0.6) is 5.75 Å². The molecule has 1 N–H and O–H groups in total. The monoisotopic (exact) mass is 218 g/mol. The van der Waals surface area contributed by atoms with Crippen LogP contribution in [0.3, 0.4) is 0 Å². The van der Waals surface area contributed by atoms with E-state index in [-0.39, 0.29) is 11.9 Å². The van der Waals surface area contributed by atoms with E-state index in [0.717, 1.165) is 23.5 Å². The first-order chi connectivity index (χ1) is 7.75. The molecule has 2 aliphatic heterocycles. The quantitative estimate of drug-likeness (QED) is 0.696. The van der Waals surface area contributed by atoms with Crippen molar-refractivity contribution in [3.63, 3.8) is 0 Å². The Bertz CT molecular complexity index is 445. The highest BCUT2D eigenvalue weighted by Crippen LogP contribution is 2.35. The summed E-state index contributed by atoms with van der Waals surface area (Å²) >= 11 is 0. The van der Waals surface area contributed by atoms with Crippen molar-refractivity contribution in [1.82, 2.24) is 5.32 Å². The van der Waals surface area contributed by atoms with Gasteiger partial charge in [-0.25, -0.2) is 0 Å². The Kier molecular flexibility index (Phi) is 2.11. The molecule has 0 bridgehead atoms. The largest absolute Gasteiger partial charge is 0.489 e. The molecule has 3 rings (SSSR count). The Hall–Kier alpha value is -1.55. The second kappa shape index (κ2) is 3.49. The van der Waals surface area contributed by atoms with Gasteiger partial charge in [-0.1, -0.05) is 6.07 Å². The third kappa shape index (κ3) is 1.38. The molecule has 84 valence electrons. The van der Waals surface area contributed by atoms with Crippen molar-refractivity contribution in [2.75, 3.05) is 24.6 Å². The zero-order valence-electron chi connectivity index (χ0n) is 9.19. The molecule has 1 amide bonds. The molecule has 1 unspecified atom stereocenters. The van der Waals surface area contributed by atoms with Gasteiger partial charge in [-0.05, 0) is 24.6 Å². The van der Waals surface area contributed by atoms with E-state index in [2.05, 4.69) is 5.32 Å². The van der Waals surface area contributed by atoms with Crippen molar-refractivity contribution in [3.8, 4) is 5.75 Å². The fourth-order valence-electron chi connectivity index (χ4n) is 2.31. The molecule has 0 saturated carbocycles. The highest BCUT2D eigenvalue weighted by Gasteiger charge is 2.34. The third-order valence-corrected chi connectivity index (χ3v) is 3.10. The average molecular weight is 218 g/mol. The molecule has 2 heterocycles. The lowest BCUT2D eigenvalue weighted by Crippen LogP contribution is -2.58. The molecule has 1 aromatic rings. The van der Waals surface area contributed by atoms with Crippen LogP contribution in [-0.4, -0.2) is 31.6 Å². The highest BCUT2D eigenvalue weighted by molar-refractivity contribution is 5.98. The van der Waals surface area contributed by atoms with Crippen molar-refractivity contribution in [1.29, 1.82) is 0 Å². The van der Waals surface area contributed by atoms with Crippen molar-refractivity contribution < 1.29 is 9.53 Å². The first kappa shape index (κ1) is 9.66. The molecule has 1 fully saturated rings. The number of fused-ring (bicyclic) bond motifs is 3. The van der Waals surface area contributed by atoms with Gasteiger partial charge in [0.25, 0.3) is 0 Å². The molecule has 0 spiro atoms. The van der Waals surface area contributed by atoms with Gasteiger partial charge in [-0.2, -0.15) is 0 Å². The number of amides is 1. The summed E-state index contributed by atoms with van der Waals surface area (Å²) < 4.78 is 5.69. The molecule has 2 aliphatic rings. The fourth-order valence-corrected chi connectivity index (χ4v) is 2.31. The molecule has 0 aromatic heterocycles. The van der Waals surface area contributed by atoms with Gasteiger partial charge in [-0.3, -0.25) is 4.79 Å². The summed E-state index contributed by atoms with van der Waals surface area (Å²) in [6.45, 7) is 3.83. The predicted molar refractivity (Wildman–Crippen MR) is 60.8 cm³/mol. The lowest BCUT2D eigenvalue weighted by molar-refractivity contribution is -0.119. The Labute approximate surface area is 94.2 Å². The van der Waals surface area contributed by atoms with Gasteiger partial charge in [0.1, 0.15) is 12.4 Å². The Morgan fingerprint density at radius 2 is 2.38 bits per heavy atom. The minimum Gasteiger partial charge on any atom is -0.489 e. The number of aryl methyl sites for hydroxylation is 1. The summed E-state index contributed by atoms with van der Waals surface area (Å²) in [5.74, 6) is 0.955. The molecule has 0 aliphatic carbocycles. The van der Waals surface area contributed by atoms with E-state index in [4.69, 9.17) is 4.74 Å². The molecule has 4 nitrogen and oxygen atoms in total. The van der Waals surface area contributed by atoms with E-state index in [1.807, 2.05) is 30.0 Å². The topological polar surface area (TPSA) is 41.6 Å². The summed E-state index contributed by atoms with van der Waals surface area (Å²) in [5, 5.41) is 3.10. The smallest absolute Gasteiger partial charge is 0.241 e. The minimum atomic E-state index is 0.129.